The Kier molecular flexibility index (Phi) is 4.34. The van der Waals surface area contributed by atoms with E-state index in [1.54, 1.807) is 11.3 Å². The first-order valence-electron chi connectivity index (χ1n) is 6.79. The second kappa shape index (κ2) is 6.38. The van der Waals surface area contributed by atoms with Gasteiger partial charge in [0.1, 0.15) is 0 Å². The van der Waals surface area contributed by atoms with Crippen LogP contribution in [-0.2, 0) is 12.8 Å². The highest BCUT2D eigenvalue weighted by Crippen LogP contribution is 2.25. The first-order valence-corrected chi connectivity index (χ1v) is 8.14. The van der Waals surface area contributed by atoms with E-state index in [4.69, 9.17) is 16.6 Å². The lowest BCUT2D eigenvalue weighted by molar-refractivity contribution is 0.583. The van der Waals surface area contributed by atoms with E-state index in [-0.39, 0.29) is 0 Å². The number of benzene rings is 2. The Morgan fingerprint density at radius 3 is 2.45 bits per heavy atom. The van der Waals surface area contributed by atoms with Crippen molar-refractivity contribution >= 4 is 33.2 Å². The molecule has 20 heavy (non-hydrogen) atoms. The molecule has 1 unspecified atom stereocenters. The third-order valence-electron chi connectivity index (χ3n) is 3.39. The lowest BCUT2D eigenvalue weighted by Crippen LogP contribution is -2.09. The summed E-state index contributed by atoms with van der Waals surface area (Å²) in [5.41, 5.74) is 2.44. The molecule has 3 heteroatoms. The molecule has 0 radical (unpaired) electrons. The summed E-state index contributed by atoms with van der Waals surface area (Å²) in [6.45, 7) is 0. The van der Waals surface area contributed by atoms with Crippen LogP contribution in [0.1, 0.15) is 10.6 Å². The van der Waals surface area contributed by atoms with Crippen molar-refractivity contribution in [3.63, 3.8) is 0 Å². The van der Waals surface area contributed by atoms with Crippen LogP contribution in [0.25, 0.3) is 10.2 Å². The van der Waals surface area contributed by atoms with Crippen LogP contribution >= 0.6 is 22.9 Å². The van der Waals surface area contributed by atoms with Crippen LogP contribution in [0.4, 0.5) is 0 Å². The molecule has 1 atom stereocenters. The Labute approximate surface area is 128 Å². The highest BCUT2D eigenvalue weighted by molar-refractivity contribution is 7.18. The number of thiazole rings is 1. The fraction of sp³-hybridized carbons (Fsp3) is 0.235. The normalized spacial score (nSPS) is 12.7. The van der Waals surface area contributed by atoms with Gasteiger partial charge < -0.3 is 0 Å². The van der Waals surface area contributed by atoms with Gasteiger partial charge in [0.05, 0.1) is 15.2 Å². The first-order chi connectivity index (χ1) is 9.85. The molecule has 0 bridgehead atoms. The molecule has 102 valence electrons. The minimum atomic E-state index is 0.444. The zero-order valence-electron chi connectivity index (χ0n) is 11.1. The molecule has 0 amide bonds. The number of hydrogen-bond donors (Lipinski definition) is 0. The Morgan fingerprint density at radius 1 is 0.950 bits per heavy atom. The van der Waals surface area contributed by atoms with Gasteiger partial charge in [-0.3, -0.25) is 0 Å². The van der Waals surface area contributed by atoms with Crippen molar-refractivity contribution < 1.29 is 0 Å². The van der Waals surface area contributed by atoms with E-state index in [0.29, 0.717) is 11.8 Å². The summed E-state index contributed by atoms with van der Waals surface area (Å²) in [5, 5.41) is 1.19. The maximum atomic E-state index is 6.14. The summed E-state index contributed by atoms with van der Waals surface area (Å²) in [7, 11) is 0. The van der Waals surface area contributed by atoms with E-state index < -0.39 is 0 Å². The molecule has 1 aromatic heterocycles. The summed E-state index contributed by atoms with van der Waals surface area (Å²) >= 11 is 7.92. The predicted molar refractivity (Wildman–Crippen MR) is 87.7 cm³/mol. The van der Waals surface area contributed by atoms with Gasteiger partial charge in [0, 0.05) is 12.3 Å². The Bertz CT molecular complexity index is 645. The number of halogens is 1. The van der Waals surface area contributed by atoms with Gasteiger partial charge in [-0.05, 0) is 30.0 Å². The number of nitrogens with zero attached hydrogens (tertiary/aromatic N) is 1. The average Bonchev–Trinajstić information content (AvgIpc) is 2.90. The van der Waals surface area contributed by atoms with Crippen LogP contribution < -0.4 is 0 Å². The van der Waals surface area contributed by atoms with Gasteiger partial charge in [-0.15, -0.1) is 22.9 Å². The van der Waals surface area contributed by atoms with Gasteiger partial charge in [-0.2, -0.15) is 0 Å². The first kappa shape index (κ1) is 13.6. The molecule has 1 nitrogen and oxygen atoms in total. The largest absolute Gasteiger partial charge is 0.241 e. The molecule has 2 aromatic carbocycles. The molecule has 0 saturated carbocycles. The van der Waals surface area contributed by atoms with E-state index in [1.165, 1.54) is 15.3 Å². The number of para-hydroxylation sites is 1. The van der Waals surface area contributed by atoms with Crippen molar-refractivity contribution in [2.45, 2.75) is 12.8 Å². The number of alkyl halides is 1. The summed E-state index contributed by atoms with van der Waals surface area (Å²) in [6.07, 6.45) is 1.97. The van der Waals surface area contributed by atoms with Crippen molar-refractivity contribution in [2.24, 2.45) is 5.92 Å². The van der Waals surface area contributed by atoms with Gasteiger partial charge in [0.15, 0.2) is 0 Å². The second-order valence-corrected chi connectivity index (χ2v) is 6.41. The van der Waals surface area contributed by atoms with Gasteiger partial charge in [0.2, 0.25) is 0 Å². The van der Waals surface area contributed by atoms with Crippen molar-refractivity contribution in [3.05, 3.63) is 65.2 Å². The second-order valence-electron chi connectivity index (χ2n) is 4.99. The maximum absolute atomic E-state index is 6.14. The van der Waals surface area contributed by atoms with E-state index in [1.807, 2.05) is 12.1 Å². The Morgan fingerprint density at radius 2 is 1.70 bits per heavy atom. The molecule has 1 heterocycles. The van der Waals surface area contributed by atoms with Crippen LogP contribution in [0.5, 0.6) is 0 Å². The van der Waals surface area contributed by atoms with Crippen molar-refractivity contribution in [1.82, 2.24) is 4.98 Å². The van der Waals surface area contributed by atoms with Crippen LogP contribution in [0, 0.1) is 5.92 Å². The molecule has 3 aromatic rings. The molecule has 0 N–H and O–H groups in total. The standard InChI is InChI=1S/C17H16ClNS/c18-12-14(10-13-6-2-1-3-7-13)11-17-19-15-8-4-5-9-16(15)20-17/h1-9,14H,10-12H2. The summed E-state index contributed by atoms with van der Waals surface area (Å²) in [5.74, 6) is 1.12. The van der Waals surface area contributed by atoms with Crippen molar-refractivity contribution in [1.29, 1.82) is 0 Å². The summed E-state index contributed by atoms with van der Waals surface area (Å²) < 4.78 is 1.26. The number of fused-ring (bicyclic) bond motifs is 1. The highest BCUT2D eigenvalue weighted by Gasteiger charge is 2.12. The fourth-order valence-electron chi connectivity index (χ4n) is 2.38. The molecule has 3 rings (SSSR count). The lowest BCUT2D eigenvalue weighted by Gasteiger charge is -2.12. The Hall–Kier alpha value is -1.38. The number of aromatic nitrogens is 1. The minimum Gasteiger partial charge on any atom is -0.241 e. The molecule has 0 spiro atoms. The van der Waals surface area contributed by atoms with E-state index in [2.05, 4.69) is 42.5 Å². The molecule has 0 saturated heterocycles. The molecular formula is C17H16ClNS. The third-order valence-corrected chi connectivity index (χ3v) is 4.88. The lowest BCUT2D eigenvalue weighted by atomic mass is 9.98. The van der Waals surface area contributed by atoms with Crippen LogP contribution in [0.3, 0.4) is 0 Å². The van der Waals surface area contributed by atoms with Gasteiger partial charge in [0.25, 0.3) is 0 Å². The van der Waals surface area contributed by atoms with Crippen molar-refractivity contribution in [3.8, 4) is 0 Å². The molecule has 0 aliphatic heterocycles. The van der Waals surface area contributed by atoms with E-state index in [0.717, 1.165) is 18.4 Å². The average molecular weight is 302 g/mol. The monoisotopic (exact) mass is 301 g/mol. The minimum absolute atomic E-state index is 0.444. The third kappa shape index (κ3) is 3.20. The number of rotatable bonds is 5. The predicted octanol–water partition coefficient (Wildman–Crippen LogP) is 4.94. The zero-order chi connectivity index (χ0) is 13.8. The fourth-order valence-corrected chi connectivity index (χ4v) is 3.68. The zero-order valence-corrected chi connectivity index (χ0v) is 12.7. The van der Waals surface area contributed by atoms with Crippen LogP contribution in [-0.4, -0.2) is 10.9 Å². The molecule has 0 aliphatic carbocycles. The van der Waals surface area contributed by atoms with Gasteiger partial charge in [-0.25, -0.2) is 4.98 Å². The smallest absolute Gasteiger partial charge is 0.0941 e. The van der Waals surface area contributed by atoms with Gasteiger partial charge in [-0.1, -0.05) is 42.5 Å². The van der Waals surface area contributed by atoms with Crippen LogP contribution in [0.2, 0.25) is 0 Å². The van der Waals surface area contributed by atoms with Crippen LogP contribution in [0.15, 0.2) is 54.6 Å². The topological polar surface area (TPSA) is 12.9 Å². The van der Waals surface area contributed by atoms with E-state index in [9.17, 15) is 0 Å². The number of hydrogen-bond acceptors (Lipinski definition) is 2. The van der Waals surface area contributed by atoms with E-state index >= 15 is 0 Å². The molecule has 0 fully saturated rings. The highest BCUT2D eigenvalue weighted by atomic mass is 35.5. The van der Waals surface area contributed by atoms with Crippen molar-refractivity contribution in [2.75, 3.05) is 5.88 Å². The summed E-state index contributed by atoms with van der Waals surface area (Å²) in [6, 6.07) is 18.8. The molecular weight excluding hydrogens is 286 g/mol. The van der Waals surface area contributed by atoms with Gasteiger partial charge >= 0.3 is 0 Å². The maximum Gasteiger partial charge on any atom is 0.0941 e. The quantitative estimate of drug-likeness (QED) is 0.608. The molecule has 0 aliphatic rings. The summed E-state index contributed by atoms with van der Waals surface area (Å²) in [4.78, 5) is 4.70. The Balaban J connectivity index is 1.74. The SMILES string of the molecule is ClCC(Cc1ccccc1)Cc1nc2ccccc2s1.